The van der Waals surface area contributed by atoms with Gasteiger partial charge >= 0.3 is 6.09 Å². The van der Waals surface area contributed by atoms with Crippen LogP contribution in [0.2, 0.25) is 0 Å². The quantitative estimate of drug-likeness (QED) is 0.759. The zero-order chi connectivity index (χ0) is 22.0. The van der Waals surface area contributed by atoms with Gasteiger partial charge in [-0.15, -0.1) is 0 Å². The molecule has 1 unspecified atom stereocenters. The zero-order valence-corrected chi connectivity index (χ0v) is 18.1. The second kappa shape index (κ2) is 9.02. The summed E-state index contributed by atoms with van der Waals surface area (Å²) >= 11 is 0. The lowest BCUT2D eigenvalue weighted by atomic mass is 9.78. The molecule has 2 heterocycles. The Morgan fingerprint density at radius 1 is 1.26 bits per heavy atom. The van der Waals surface area contributed by atoms with E-state index >= 15 is 0 Å². The highest BCUT2D eigenvalue weighted by Gasteiger charge is 2.50. The van der Waals surface area contributed by atoms with Gasteiger partial charge in [-0.05, 0) is 70.1 Å². The van der Waals surface area contributed by atoms with Crippen LogP contribution >= 0.6 is 0 Å². The maximum Gasteiger partial charge on any atom is 0.411 e. The van der Waals surface area contributed by atoms with Crippen LogP contribution < -0.4 is 10.2 Å². The van der Waals surface area contributed by atoms with Crippen molar-refractivity contribution >= 4 is 23.4 Å². The van der Waals surface area contributed by atoms with Crippen molar-refractivity contribution in [3.05, 3.63) is 24.0 Å². The third kappa shape index (κ3) is 4.49. The van der Waals surface area contributed by atoms with Crippen LogP contribution in [0.5, 0.6) is 0 Å². The van der Waals surface area contributed by atoms with E-state index in [1.807, 2.05) is 9.80 Å². The highest BCUT2D eigenvalue weighted by molar-refractivity contribution is 5.87. The molecule has 7 nitrogen and oxygen atoms in total. The summed E-state index contributed by atoms with van der Waals surface area (Å²) in [6, 6.07) is 4.84. The highest BCUT2D eigenvalue weighted by atomic mass is 19.1. The number of rotatable bonds is 4. The number of amides is 2. The second-order valence-corrected chi connectivity index (χ2v) is 9.03. The number of aliphatic hydroxyl groups excluding tert-OH is 1. The molecule has 31 heavy (non-hydrogen) atoms. The molecule has 1 aromatic rings. The first-order chi connectivity index (χ1) is 14.9. The van der Waals surface area contributed by atoms with Gasteiger partial charge in [0.1, 0.15) is 5.82 Å². The van der Waals surface area contributed by atoms with Gasteiger partial charge in [-0.25, -0.2) is 9.18 Å². The summed E-state index contributed by atoms with van der Waals surface area (Å²) in [5, 5.41) is 12.3. The van der Waals surface area contributed by atoms with Gasteiger partial charge in [-0.3, -0.25) is 10.1 Å². The molecule has 2 saturated heterocycles. The number of aliphatic hydroxyl groups is 1. The van der Waals surface area contributed by atoms with Gasteiger partial charge < -0.3 is 19.6 Å². The van der Waals surface area contributed by atoms with Crippen molar-refractivity contribution in [2.45, 2.75) is 64.0 Å². The number of benzene rings is 1. The Balaban J connectivity index is 1.45. The van der Waals surface area contributed by atoms with Crippen molar-refractivity contribution < 1.29 is 23.8 Å². The van der Waals surface area contributed by atoms with Crippen LogP contribution in [0.4, 0.5) is 20.6 Å². The minimum Gasteiger partial charge on any atom is -0.450 e. The summed E-state index contributed by atoms with van der Waals surface area (Å²) in [4.78, 5) is 29.0. The maximum absolute atomic E-state index is 14.9. The summed E-state index contributed by atoms with van der Waals surface area (Å²) in [6.07, 6.45) is 4.84. The van der Waals surface area contributed by atoms with E-state index in [0.29, 0.717) is 24.5 Å². The molecule has 0 bridgehead atoms. The van der Waals surface area contributed by atoms with Crippen molar-refractivity contribution in [3.8, 4) is 0 Å². The minimum atomic E-state index is -0.613. The Bertz CT molecular complexity index is 827. The molecule has 0 radical (unpaired) electrons. The molecule has 8 heteroatoms. The Morgan fingerprint density at radius 2 is 2.03 bits per heavy atom. The number of nitrogens with zero attached hydrogens (tertiary/aromatic N) is 2. The van der Waals surface area contributed by atoms with E-state index in [4.69, 9.17) is 4.74 Å². The monoisotopic (exact) mass is 433 g/mol. The SMILES string of the molecule is CCOC(=O)Nc1ccc(N2CCCC3(CCN(C4CCC(O)CC4)C3=O)C2)c(F)c1. The van der Waals surface area contributed by atoms with E-state index < -0.39 is 17.3 Å². The van der Waals surface area contributed by atoms with Gasteiger partial charge in [-0.2, -0.15) is 0 Å². The van der Waals surface area contributed by atoms with Crippen molar-refractivity contribution in [3.63, 3.8) is 0 Å². The fourth-order valence-electron chi connectivity index (χ4n) is 5.41. The molecule has 1 aliphatic carbocycles. The average Bonchev–Trinajstić information content (AvgIpc) is 3.04. The van der Waals surface area contributed by atoms with Crippen LogP contribution in [0.1, 0.15) is 51.9 Å². The van der Waals surface area contributed by atoms with Gasteiger partial charge in [0.15, 0.2) is 0 Å². The molecule has 2 amide bonds. The van der Waals surface area contributed by atoms with Crippen molar-refractivity contribution in [2.75, 3.05) is 36.5 Å². The lowest BCUT2D eigenvalue weighted by Gasteiger charge is -2.41. The molecule has 3 fully saturated rings. The molecule has 4 rings (SSSR count). The van der Waals surface area contributed by atoms with Crippen LogP contribution in [0.25, 0.3) is 0 Å². The third-order valence-corrected chi connectivity index (χ3v) is 7.04. The van der Waals surface area contributed by atoms with Crippen LogP contribution in [0.3, 0.4) is 0 Å². The topological polar surface area (TPSA) is 82.1 Å². The van der Waals surface area contributed by atoms with E-state index in [2.05, 4.69) is 5.32 Å². The normalized spacial score (nSPS) is 28.8. The number of hydrogen-bond donors (Lipinski definition) is 2. The molecular formula is C23H32FN3O4. The third-order valence-electron chi connectivity index (χ3n) is 7.04. The zero-order valence-electron chi connectivity index (χ0n) is 18.1. The minimum absolute atomic E-state index is 0.194. The Hall–Kier alpha value is -2.35. The molecule has 2 aliphatic heterocycles. The fourth-order valence-corrected chi connectivity index (χ4v) is 5.41. The Morgan fingerprint density at radius 3 is 2.74 bits per heavy atom. The molecule has 170 valence electrons. The average molecular weight is 434 g/mol. The molecule has 3 aliphatic rings. The molecule has 1 aromatic carbocycles. The summed E-state index contributed by atoms with van der Waals surface area (Å²) in [7, 11) is 0. The number of piperidine rings is 1. The lowest BCUT2D eigenvalue weighted by Crippen LogP contribution is -2.50. The van der Waals surface area contributed by atoms with Gasteiger partial charge in [-0.1, -0.05) is 0 Å². The van der Waals surface area contributed by atoms with Crippen LogP contribution in [0, 0.1) is 11.2 Å². The van der Waals surface area contributed by atoms with Gasteiger partial charge in [0, 0.05) is 31.4 Å². The molecule has 1 atom stereocenters. The highest BCUT2D eigenvalue weighted by Crippen LogP contribution is 2.43. The molecule has 1 spiro atoms. The number of anilines is 2. The maximum atomic E-state index is 14.9. The van der Waals surface area contributed by atoms with Crippen molar-refractivity contribution in [1.29, 1.82) is 0 Å². The first kappa shape index (κ1) is 21.9. The van der Waals surface area contributed by atoms with Crippen LogP contribution in [-0.4, -0.2) is 60.4 Å². The van der Waals surface area contributed by atoms with E-state index in [0.717, 1.165) is 51.5 Å². The number of nitrogens with one attached hydrogen (secondary N) is 1. The van der Waals surface area contributed by atoms with Gasteiger partial charge in [0.2, 0.25) is 5.91 Å². The number of carbonyl (C=O) groups is 2. The molecule has 0 aromatic heterocycles. The number of likely N-dealkylation sites (tertiary alicyclic amines) is 1. The Kier molecular flexibility index (Phi) is 6.36. The van der Waals surface area contributed by atoms with Gasteiger partial charge in [0.25, 0.3) is 0 Å². The summed E-state index contributed by atoms with van der Waals surface area (Å²) in [5.41, 5.74) is 0.345. The van der Waals surface area contributed by atoms with Crippen LogP contribution in [0.15, 0.2) is 18.2 Å². The fraction of sp³-hybridized carbons (Fsp3) is 0.652. The van der Waals surface area contributed by atoms with E-state index in [9.17, 15) is 19.1 Å². The van der Waals surface area contributed by atoms with Crippen LogP contribution in [-0.2, 0) is 9.53 Å². The summed E-state index contributed by atoms with van der Waals surface area (Å²) in [5.74, 6) is -0.227. The smallest absolute Gasteiger partial charge is 0.411 e. The Labute approximate surface area is 182 Å². The van der Waals surface area contributed by atoms with Crippen molar-refractivity contribution in [2.24, 2.45) is 5.41 Å². The predicted octanol–water partition coefficient (Wildman–Crippen LogP) is 3.52. The van der Waals surface area contributed by atoms with E-state index in [-0.39, 0.29) is 24.7 Å². The standard InChI is InChI=1S/C23H32FN3O4/c1-2-31-22(30)25-16-4-9-20(19(24)14-16)26-12-3-10-23(15-26)11-13-27(21(23)29)17-5-7-18(28)8-6-17/h4,9,14,17-18,28H,2-3,5-8,10-13,15H2,1H3,(H,25,30). The van der Waals surface area contributed by atoms with Crippen molar-refractivity contribution in [1.82, 2.24) is 4.90 Å². The van der Waals surface area contributed by atoms with E-state index in [1.54, 1.807) is 19.1 Å². The number of hydrogen-bond acceptors (Lipinski definition) is 5. The summed E-state index contributed by atoms with van der Waals surface area (Å²) in [6.45, 7) is 3.91. The first-order valence-corrected chi connectivity index (χ1v) is 11.4. The number of ether oxygens (including phenoxy) is 1. The first-order valence-electron chi connectivity index (χ1n) is 11.4. The second-order valence-electron chi connectivity index (χ2n) is 9.03. The van der Waals surface area contributed by atoms with Gasteiger partial charge in [0.05, 0.1) is 23.8 Å². The predicted molar refractivity (Wildman–Crippen MR) is 116 cm³/mol. The lowest BCUT2D eigenvalue weighted by molar-refractivity contribution is -0.139. The number of carbonyl (C=O) groups excluding carboxylic acids is 2. The largest absolute Gasteiger partial charge is 0.450 e. The molecule has 1 saturated carbocycles. The van der Waals surface area contributed by atoms with E-state index in [1.165, 1.54) is 6.07 Å². The molecule has 2 N–H and O–H groups in total. The molecular weight excluding hydrogens is 401 g/mol. The number of halogens is 1. The summed E-state index contributed by atoms with van der Waals surface area (Å²) < 4.78 is 19.7.